The highest BCUT2D eigenvalue weighted by molar-refractivity contribution is 5.07. The predicted molar refractivity (Wildman–Crippen MR) is 57.0 cm³/mol. The Morgan fingerprint density at radius 1 is 1.36 bits per heavy atom. The van der Waals surface area contributed by atoms with E-state index >= 15 is 0 Å². The largest absolute Gasteiger partial charge is 0.314 e. The maximum atomic E-state index is 4.13. The number of unbranched alkanes of at least 4 members (excludes halogenated alkanes) is 2. The maximum Gasteiger partial charge on any atom is 0.0993 e. The molecule has 0 atom stereocenters. The Bertz CT molecular complexity index is 267. The lowest BCUT2D eigenvalue weighted by atomic mass is 10.2. The number of nitrogens with one attached hydrogen (secondary N) is 1. The minimum atomic E-state index is 0.805. The summed E-state index contributed by atoms with van der Waals surface area (Å²) in [7, 11) is 1.93. The van der Waals surface area contributed by atoms with Gasteiger partial charge in [-0.1, -0.05) is 25.0 Å². The van der Waals surface area contributed by atoms with Gasteiger partial charge in [-0.05, 0) is 20.4 Å². The molecule has 1 rings (SSSR count). The fourth-order valence-corrected chi connectivity index (χ4v) is 1.45. The van der Waals surface area contributed by atoms with E-state index in [1.807, 2.05) is 11.7 Å². The molecular formula is C10H20N4. The van der Waals surface area contributed by atoms with Crippen LogP contribution in [-0.4, -0.2) is 22.0 Å². The molecule has 0 aliphatic carbocycles. The van der Waals surface area contributed by atoms with Gasteiger partial charge in [0.25, 0.3) is 0 Å². The number of nitrogens with zero attached hydrogens (tertiary/aromatic N) is 3. The van der Waals surface area contributed by atoms with Gasteiger partial charge in [0.2, 0.25) is 0 Å². The molecular weight excluding hydrogens is 176 g/mol. The van der Waals surface area contributed by atoms with E-state index in [1.165, 1.54) is 25.0 Å². The quantitative estimate of drug-likeness (QED) is 0.701. The second-order valence-electron chi connectivity index (χ2n) is 3.58. The van der Waals surface area contributed by atoms with E-state index in [-0.39, 0.29) is 0 Å². The van der Waals surface area contributed by atoms with Crippen molar-refractivity contribution in [1.82, 2.24) is 20.3 Å². The Morgan fingerprint density at radius 2 is 2.14 bits per heavy atom. The second kappa shape index (κ2) is 5.75. The Hall–Kier alpha value is -0.900. The molecule has 0 radical (unpaired) electrons. The van der Waals surface area contributed by atoms with E-state index in [4.69, 9.17) is 0 Å². The van der Waals surface area contributed by atoms with Crippen LogP contribution in [0, 0.1) is 6.92 Å². The summed E-state index contributed by atoms with van der Waals surface area (Å²) in [5.41, 5.74) is 2.25. The topological polar surface area (TPSA) is 42.7 Å². The summed E-state index contributed by atoms with van der Waals surface area (Å²) in [6, 6.07) is 0. The molecule has 0 spiro atoms. The highest BCUT2D eigenvalue weighted by Gasteiger charge is 2.06. The summed E-state index contributed by atoms with van der Waals surface area (Å²) >= 11 is 0. The van der Waals surface area contributed by atoms with Crippen LogP contribution in [-0.2, 0) is 13.1 Å². The molecule has 0 unspecified atom stereocenters. The van der Waals surface area contributed by atoms with Crippen LogP contribution in [0.4, 0.5) is 0 Å². The predicted octanol–water partition coefficient (Wildman–Crippen LogP) is 1.50. The van der Waals surface area contributed by atoms with Gasteiger partial charge < -0.3 is 5.32 Å². The molecule has 4 nitrogen and oxygen atoms in total. The third-order valence-corrected chi connectivity index (χ3v) is 2.40. The summed E-state index contributed by atoms with van der Waals surface area (Å²) in [6.07, 6.45) is 3.71. The van der Waals surface area contributed by atoms with Crippen LogP contribution in [0.2, 0.25) is 0 Å². The molecule has 0 aliphatic rings. The first-order valence-electron chi connectivity index (χ1n) is 5.33. The third-order valence-electron chi connectivity index (χ3n) is 2.40. The van der Waals surface area contributed by atoms with E-state index in [0.29, 0.717) is 0 Å². The van der Waals surface area contributed by atoms with Gasteiger partial charge >= 0.3 is 0 Å². The van der Waals surface area contributed by atoms with Gasteiger partial charge in [0.05, 0.1) is 11.4 Å². The van der Waals surface area contributed by atoms with Crippen LogP contribution < -0.4 is 5.32 Å². The molecule has 80 valence electrons. The molecule has 0 fully saturated rings. The van der Waals surface area contributed by atoms with Crippen molar-refractivity contribution < 1.29 is 0 Å². The molecule has 1 N–H and O–H groups in total. The normalized spacial score (nSPS) is 10.8. The highest BCUT2D eigenvalue weighted by Crippen LogP contribution is 2.05. The van der Waals surface area contributed by atoms with Gasteiger partial charge in [-0.25, -0.2) is 4.68 Å². The van der Waals surface area contributed by atoms with Crippen molar-refractivity contribution in [1.29, 1.82) is 0 Å². The van der Waals surface area contributed by atoms with Gasteiger partial charge in [-0.15, -0.1) is 5.10 Å². The summed E-state index contributed by atoms with van der Waals surface area (Å²) < 4.78 is 2.00. The molecule has 0 bridgehead atoms. The Labute approximate surface area is 85.7 Å². The van der Waals surface area contributed by atoms with Crippen LogP contribution in [0.3, 0.4) is 0 Å². The molecule has 0 aliphatic heterocycles. The zero-order valence-corrected chi connectivity index (χ0v) is 9.38. The fourth-order valence-electron chi connectivity index (χ4n) is 1.45. The van der Waals surface area contributed by atoms with Gasteiger partial charge in [0, 0.05) is 13.1 Å². The first-order chi connectivity index (χ1) is 6.79. The van der Waals surface area contributed by atoms with Crippen LogP contribution in [0.1, 0.15) is 37.6 Å². The molecule has 1 aromatic rings. The molecule has 0 amide bonds. The zero-order chi connectivity index (χ0) is 10.4. The maximum absolute atomic E-state index is 4.13. The van der Waals surface area contributed by atoms with Crippen molar-refractivity contribution in [2.24, 2.45) is 0 Å². The van der Waals surface area contributed by atoms with Crippen LogP contribution in [0.25, 0.3) is 0 Å². The van der Waals surface area contributed by atoms with E-state index in [1.54, 1.807) is 0 Å². The standard InChI is InChI=1S/C10H20N4/c1-4-5-6-7-14-9(2)10(8-11-3)12-13-14/h11H,4-8H2,1-3H3. The first kappa shape index (κ1) is 11.2. The van der Waals surface area contributed by atoms with E-state index in [9.17, 15) is 0 Å². The van der Waals surface area contributed by atoms with E-state index < -0.39 is 0 Å². The molecule has 14 heavy (non-hydrogen) atoms. The average molecular weight is 196 g/mol. The van der Waals surface area contributed by atoms with Crippen molar-refractivity contribution >= 4 is 0 Å². The van der Waals surface area contributed by atoms with Crippen molar-refractivity contribution in [2.45, 2.75) is 46.2 Å². The van der Waals surface area contributed by atoms with E-state index in [2.05, 4.69) is 29.5 Å². The SMILES string of the molecule is CCCCCn1nnc(CNC)c1C. The molecule has 4 heteroatoms. The van der Waals surface area contributed by atoms with Gasteiger partial charge in [0.15, 0.2) is 0 Å². The number of hydrogen-bond acceptors (Lipinski definition) is 3. The first-order valence-corrected chi connectivity index (χ1v) is 5.33. The summed E-state index contributed by atoms with van der Waals surface area (Å²) in [5, 5.41) is 11.4. The fraction of sp³-hybridized carbons (Fsp3) is 0.800. The lowest BCUT2D eigenvalue weighted by Crippen LogP contribution is -2.08. The van der Waals surface area contributed by atoms with Crippen molar-refractivity contribution in [3.8, 4) is 0 Å². The number of aromatic nitrogens is 3. The van der Waals surface area contributed by atoms with Gasteiger partial charge in [0.1, 0.15) is 0 Å². The monoisotopic (exact) mass is 196 g/mol. The minimum absolute atomic E-state index is 0.805. The molecule has 0 saturated carbocycles. The zero-order valence-electron chi connectivity index (χ0n) is 9.38. The van der Waals surface area contributed by atoms with Crippen LogP contribution in [0.5, 0.6) is 0 Å². The minimum Gasteiger partial charge on any atom is -0.314 e. The average Bonchev–Trinajstić information content (AvgIpc) is 2.51. The molecule has 0 aromatic carbocycles. The van der Waals surface area contributed by atoms with Crippen LogP contribution in [0.15, 0.2) is 0 Å². The van der Waals surface area contributed by atoms with Crippen LogP contribution >= 0.6 is 0 Å². The second-order valence-corrected chi connectivity index (χ2v) is 3.58. The Morgan fingerprint density at radius 3 is 2.79 bits per heavy atom. The van der Waals surface area contributed by atoms with Crippen molar-refractivity contribution in [3.63, 3.8) is 0 Å². The molecule has 0 saturated heterocycles. The summed E-state index contributed by atoms with van der Waals surface area (Å²) in [6.45, 7) is 6.09. The highest BCUT2D eigenvalue weighted by atomic mass is 15.4. The van der Waals surface area contributed by atoms with Gasteiger partial charge in [-0.2, -0.15) is 0 Å². The smallest absolute Gasteiger partial charge is 0.0993 e. The van der Waals surface area contributed by atoms with Gasteiger partial charge in [-0.3, -0.25) is 0 Å². The number of hydrogen-bond donors (Lipinski definition) is 1. The lowest BCUT2D eigenvalue weighted by molar-refractivity contribution is 0.527. The van der Waals surface area contributed by atoms with E-state index in [0.717, 1.165) is 18.8 Å². The molecule has 1 aromatic heterocycles. The molecule has 1 heterocycles. The van der Waals surface area contributed by atoms with Crippen molar-refractivity contribution in [3.05, 3.63) is 11.4 Å². The van der Waals surface area contributed by atoms with Crippen molar-refractivity contribution in [2.75, 3.05) is 7.05 Å². The Balaban J connectivity index is 2.51. The summed E-state index contributed by atoms with van der Waals surface area (Å²) in [5.74, 6) is 0. The lowest BCUT2D eigenvalue weighted by Gasteiger charge is -2.02. The summed E-state index contributed by atoms with van der Waals surface area (Å²) in [4.78, 5) is 0. The third kappa shape index (κ3) is 2.80. The number of rotatable bonds is 6. The Kier molecular flexibility index (Phi) is 4.59. The number of aryl methyl sites for hydroxylation is 1.